The molecule has 0 saturated carbocycles. The maximum Gasteiger partial charge on any atom is 0.227 e. The predicted molar refractivity (Wildman–Crippen MR) is 135 cm³/mol. The Morgan fingerprint density at radius 2 is 2.06 bits per heavy atom. The van der Waals surface area contributed by atoms with E-state index in [9.17, 15) is 9.32 Å². The van der Waals surface area contributed by atoms with Crippen molar-refractivity contribution in [3.63, 3.8) is 0 Å². The van der Waals surface area contributed by atoms with Gasteiger partial charge in [-0.05, 0) is 37.0 Å². The molecule has 1 unspecified atom stereocenters. The van der Waals surface area contributed by atoms with Crippen molar-refractivity contribution in [2.75, 3.05) is 35.7 Å². The number of fused-ring (bicyclic) bond motifs is 2. The van der Waals surface area contributed by atoms with Gasteiger partial charge in [-0.2, -0.15) is 4.98 Å². The number of hydrogen-bond acceptors (Lipinski definition) is 8. The minimum atomic E-state index is -1.10. The number of thiazole rings is 1. The second-order valence-electron chi connectivity index (χ2n) is 9.05. The SMILES string of the molecule is CC(C)[C@H](CO)Nc1nc(N2CCC(c3nc4cc(Cl)ccc4s3)CC2)nc2c1S(=O)CC2. The van der Waals surface area contributed by atoms with Crippen molar-refractivity contribution in [2.45, 2.75) is 50.0 Å². The summed E-state index contributed by atoms with van der Waals surface area (Å²) >= 11 is 7.88. The van der Waals surface area contributed by atoms with Gasteiger partial charge in [0.15, 0.2) is 0 Å². The maximum atomic E-state index is 12.6. The highest BCUT2D eigenvalue weighted by atomic mass is 35.5. The molecule has 3 aromatic rings. The van der Waals surface area contributed by atoms with Gasteiger partial charge < -0.3 is 15.3 Å². The molecule has 2 atom stereocenters. The van der Waals surface area contributed by atoms with Crippen LogP contribution in [0.4, 0.5) is 11.8 Å². The van der Waals surface area contributed by atoms with Gasteiger partial charge in [0.2, 0.25) is 5.95 Å². The molecule has 1 fully saturated rings. The summed E-state index contributed by atoms with van der Waals surface area (Å²) in [4.78, 5) is 17.4. The lowest BCUT2D eigenvalue weighted by molar-refractivity contribution is 0.249. The highest BCUT2D eigenvalue weighted by molar-refractivity contribution is 7.85. The highest BCUT2D eigenvalue weighted by Crippen LogP contribution is 2.36. The van der Waals surface area contributed by atoms with Crippen molar-refractivity contribution in [3.8, 4) is 0 Å². The van der Waals surface area contributed by atoms with E-state index in [0.717, 1.165) is 37.1 Å². The van der Waals surface area contributed by atoms with Gasteiger partial charge in [-0.1, -0.05) is 25.4 Å². The number of anilines is 2. The lowest BCUT2D eigenvalue weighted by Crippen LogP contribution is -2.35. The van der Waals surface area contributed by atoms with E-state index in [1.54, 1.807) is 11.3 Å². The van der Waals surface area contributed by atoms with E-state index in [0.29, 0.717) is 39.8 Å². The Labute approximate surface area is 205 Å². The molecule has 2 aliphatic rings. The fraction of sp³-hybridized carbons (Fsp3) is 0.522. The molecule has 7 nitrogen and oxygen atoms in total. The molecular weight excluding hydrogens is 478 g/mol. The third-order valence-electron chi connectivity index (χ3n) is 6.49. The summed E-state index contributed by atoms with van der Waals surface area (Å²) < 4.78 is 13.8. The summed E-state index contributed by atoms with van der Waals surface area (Å²) in [5, 5.41) is 15.0. The molecule has 4 heterocycles. The number of rotatable bonds is 6. The van der Waals surface area contributed by atoms with Crippen LogP contribution in [0.15, 0.2) is 23.1 Å². The lowest BCUT2D eigenvalue weighted by Gasteiger charge is -2.32. The van der Waals surface area contributed by atoms with Crippen molar-refractivity contribution < 1.29 is 9.32 Å². The zero-order valence-corrected chi connectivity index (χ0v) is 21.1. The number of nitrogens with one attached hydrogen (secondary N) is 1. The molecule has 1 aromatic carbocycles. The second-order valence-corrected chi connectivity index (χ2v) is 12.1. The second kappa shape index (κ2) is 9.44. The van der Waals surface area contributed by atoms with Crippen LogP contribution in [0, 0.1) is 5.92 Å². The lowest BCUT2D eigenvalue weighted by atomic mass is 9.98. The van der Waals surface area contributed by atoms with Crippen LogP contribution >= 0.6 is 22.9 Å². The minimum absolute atomic E-state index is 0.00279. The summed E-state index contributed by atoms with van der Waals surface area (Å²) in [6, 6.07) is 5.74. The zero-order chi connectivity index (χ0) is 23.1. The van der Waals surface area contributed by atoms with Gasteiger partial charge >= 0.3 is 0 Å². The van der Waals surface area contributed by atoms with Crippen LogP contribution < -0.4 is 10.2 Å². The highest BCUT2D eigenvalue weighted by Gasteiger charge is 2.30. The smallest absolute Gasteiger partial charge is 0.227 e. The first-order valence-electron chi connectivity index (χ1n) is 11.4. The van der Waals surface area contributed by atoms with Crippen LogP contribution in [0.25, 0.3) is 10.2 Å². The summed E-state index contributed by atoms with van der Waals surface area (Å²) in [7, 11) is -1.10. The third kappa shape index (κ3) is 4.60. The van der Waals surface area contributed by atoms with E-state index >= 15 is 0 Å². The Morgan fingerprint density at radius 3 is 2.79 bits per heavy atom. The predicted octanol–water partition coefficient (Wildman–Crippen LogP) is 4.22. The molecule has 1 saturated heterocycles. The number of benzene rings is 1. The third-order valence-corrected chi connectivity index (χ3v) is 9.39. The molecule has 10 heteroatoms. The molecule has 5 rings (SSSR count). The molecule has 176 valence electrons. The van der Waals surface area contributed by atoms with Crippen LogP contribution in [-0.4, -0.2) is 55.8 Å². The molecule has 0 aliphatic carbocycles. The largest absolute Gasteiger partial charge is 0.394 e. The van der Waals surface area contributed by atoms with Crippen LogP contribution in [0.3, 0.4) is 0 Å². The number of halogens is 1. The van der Waals surface area contributed by atoms with Crippen LogP contribution in [0.5, 0.6) is 0 Å². The van der Waals surface area contributed by atoms with Gasteiger partial charge in [0.1, 0.15) is 10.7 Å². The summed E-state index contributed by atoms with van der Waals surface area (Å²) in [5.41, 5.74) is 1.84. The van der Waals surface area contributed by atoms with Crippen molar-refractivity contribution in [2.24, 2.45) is 5.92 Å². The summed E-state index contributed by atoms with van der Waals surface area (Å²) in [6.45, 7) is 5.78. The molecule has 2 N–H and O–H groups in total. The Balaban J connectivity index is 1.35. The molecule has 0 amide bonds. The van der Waals surface area contributed by atoms with Crippen molar-refractivity contribution >= 4 is 55.7 Å². The maximum absolute atomic E-state index is 12.6. The van der Waals surface area contributed by atoms with Gasteiger partial charge in [-0.15, -0.1) is 11.3 Å². The fourth-order valence-electron chi connectivity index (χ4n) is 4.44. The van der Waals surface area contributed by atoms with Gasteiger partial charge in [0.05, 0.1) is 44.4 Å². The number of piperidine rings is 1. The molecule has 33 heavy (non-hydrogen) atoms. The average molecular weight is 506 g/mol. The molecule has 0 radical (unpaired) electrons. The van der Waals surface area contributed by atoms with Crippen molar-refractivity contribution in [3.05, 3.63) is 33.9 Å². The number of nitrogens with zero attached hydrogens (tertiary/aromatic N) is 4. The number of aromatic nitrogens is 3. The molecule has 0 spiro atoms. The molecular formula is C23H28ClN5O2S2. The van der Waals surface area contributed by atoms with Crippen molar-refractivity contribution in [1.29, 1.82) is 0 Å². The van der Waals surface area contributed by atoms with Crippen molar-refractivity contribution in [1.82, 2.24) is 15.0 Å². The first-order chi connectivity index (χ1) is 15.9. The Hall–Kier alpha value is -1.81. The standard InChI is InChI=1S/C23H28ClN5O2S2/c1-13(2)18(12-30)25-21-20-16(7-10-33(20)31)27-23(28-21)29-8-5-14(6-9-29)22-26-17-11-15(24)3-4-19(17)32-22/h3-4,11,13-14,18,30H,5-10,12H2,1-2H3,(H,25,27,28)/t18-,33?/m0/s1. The first kappa shape index (κ1) is 23.0. The van der Waals surface area contributed by atoms with E-state index < -0.39 is 10.8 Å². The Morgan fingerprint density at radius 1 is 1.27 bits per heavy atom. The van der Waals surface area contributed by atoms with Gasteiger partial charge in [0.25, 0.3) is 0 Å². The molecule has 2 aromatic heterocycles. The van der Waals surface area contributed by atoms with Crippen LogP contribution in [-0.2, 0) is 17.2 Å². The zero-order valence-electron chi connectivity index (χ0n) is 18.8. The van der Waals surface area contributed by atoms with Crippen LogP contribution in [0.2, 0.25) is 5.02 Å². The van der Waals surface area contributed by atoms with Gasteiger partial charge in [-0.3, -0.25) is 4.21 Å². The Kier molecular flexibility index (Phi) is 6.57. The first-order valence-corrected chi connectivity index (χ1v) is 13.9. The summed E-state index contributed by atoms with van der Waals surface area (Å²) in [5.74, 6) is 2.51. The topological polar surface area (TPSA) is 91.2 Å². The average Bonchev–Trinajstić information content (AvgIpc) is 3.40. The van der Waals surface area contributed by atoms with Crippen LogP contribution in [0.1, 0.15) is 43.3 Å². The van der Waals surface area contributed by atoms with Gasteiger partial charge in [0, 0.05) is 36.2 Å². The Bertz CT molecular complexity index is 1190. The minimum Gasteiger partial charge on any atom is -0.394 e. The van der Waals surface area contributed by atoms with E-state index in [-0.39, 0.29) is 18.6 Å². The molecule has 0 bridgehead atoms. The number of aliphatic hydroxyl groups is 1. The number of aryl methyl sites for hydroxylation is 1. The van der Waals surface area contributed by atoms with Gasteiger partial charge in [-0.25, -0.2) is 9.97 Å². The fourth-order valence-corrected chi connectivity index (χ4v) is 7.04. The van der Waals surface area contributed by atoms with E-state index in [1.165, 1.54) is 9.71 Å². The quantitative estimate of drug-likeness (QED) is 0.518. The van der Waals surface area contributed by atoms with E-state index in [1.807, 2.05) is 32.0 Å². The monoisotopic (exact) mass is 505 g/mol. The summed E-state index contributed by atoms with van der Waals surface area (Å²) in [6.07, 6.45) is 2.66. The number of aliphatic hydroxyl groups excluding tert-OH is 1. The van der Waals surface area contributed by atoms with E-state index in [2.05, 4.69) is 10.2 Å². The number of hydrogen-bond donors (Lipinski definition) is 2. The molecule has 2 aliphatic heterocycles. The normalized spacial score (nSPS) is 19.9. The van der Waals surface area contributed by atoms with E-state index in [4.69, 9.17) is 26.6 Å².